The van der Waals surface area contributed by atoms with Gasteiger partial charge < -0.3 is 10.1 Å². The van der Waals surface area contributed by atoms with Gasteiger partial charge in [0, 0.05) is 12.6 Å². The summed E-state index contributed by atoms with van der Waals surface area (Å²) in [5.74, 6) is 2.80. The molecule has 2 nitrogen and oxygen atoms in total. The van der Waals surface area contributed by atoms with Crippen LogP contribution in [0.15, 0.2) is 0 Å². The Morgan fingerprint density at radius 2 is 1.76 bits per heavy atom. The highest BCUT2D eigenvalue weighted by molar-refractivity contribution is 4.93. The number of nitrogens with one attached hydrogen (secondary N) is 1. The second kappa shape index (κ2) is 5.27. The first-order valence-electron chi connectivity index (χ1n) is 7.68. The Morgan fingerprint density at radius 3 is 2.47 bits per heavy atom. The molecule has 17 heavy (non-hydrogen) atoms. The fourth-order valence-electron chi connectivity index (χ4n) is 3.57. The molecule has 1 heterocycles. The highest BCUT2D eigenvalue weighted by Crippen LogP contribution is 2.39. The van der Waals surface area contributed by atoms with Gasteiger partial charge in [0.15, 0.2) is 0 Å². The van der Waals surface area contributed by atoms with Crippen LogP contribution in [0.5, 0.6) is 0 Å². The normalized spacial score (nSPS) is 42.9. The molecule has 2 atom stereocenters. The molecule has 0 aromatic heterocycles. The summed E-state index contributed by atoms with van der Waals surface area (Å²) in [6.07, 6.45) is 10.4. The van der Waals surface area contributed by atoms with Crippen LogP contribution in [0.25, 0.3) is 0 Å². The van der Waals surface area contributed by atoms with Gasteiger partial charge in [-0.05, 0) is 56.4 Å². The Hall–Kier alpha value is -0.0800. The topological polar surface area (TPSA) is 21.3 Å². The van der Waals surface area contributed by atoms with Crippen molar-refractivity contribution in [3.63, 3.8) is 0 Å². The number of ether oxygens (including phenoxy) is 1. The van der Waals surface area contributed by atoms with Crippen LogP contribution in [0, 0.1) is 17.8 Å². The molecule has 2 aliphatic carbocycles. The zero-order valence-electron chi connectivity index (χ0n) is 11.2. The molecule has 0 radical (unpaired) electrons. The molecule has 0 spiro atoms. The van der Waals surface area contributed by atoms with E-state index in [0.29, 0.717) is 12.1 Å². The Balaban J connectivity index is 1.41. The quantitative estimate of drug-likeness (QED) is 0.811. The molecule has 3 fully saturated rings. The van der Waals surface area contributed by atoms with Crippen molar-refractivity contribution < 1.29 is 4.74 Å². The fraction of sp³-hybridized carbons (Fsp3) is 1.00. The van der Waals surface area contributed by atoms with Gasteiger partial charge in [-0.25, -0.2) is 0 Å². The predicted molar refractivity (Wildman–Crippen MR) is 70.0 cm³/mol. The smallest absolute Gasteiger partial charge is 0.0756 e. The van der Waals surface area contributed by atoms with Crippen LogP contribution in [-0.4, -0.2) is 25.3 Å². The maximum absolute atomic E-state index is 5.88. The molecule has 0 amide bonds. The van der Waals surface area contributed by atoms with Gasteiger partial charge in [0.05, 0.1) is 6.10 Å². The first kappa shape index (κ1) is 12.0. The Labute approximate surface area is 105 Å². The van der Waals surface area contributed by atoms with Crippen LogP contribution in [0.3, 0.4) is 0 Å². The summed E-state index contributed by atoms with van der Waals surface area (Å²) in [7, 11) is 0. The molecule has 1 N–H and O–H groups in total. The van der Waals surface area contributed by atoms with Crippen molar-refractivity contribution in [2.24, 2.45) is 17.8 Å². The van der Waals surface area contributed by atoms with Gasteiger partial charge in [0.1, 0.15) is 0 Å². The maximum atomic E-state index is 5.88. The van der Waals surface area contributed by atoms with Crippen LogP contribution in [0.1, 0.15) is 51.9 Å². The molecule has 0 aromatic rings. The van der Waals surface area contributed by atoms with Crippen LogP contribution >= 0.6 is 0 Å². The minimum Gasteiger partial charge on any atom is -0.376 e. The molecule has 98 valence electrons. The van der Waals surface area contributed by atoms with Gasteiger partial charge in [-0.2, -0.15) is 0 Å². The minimum absolute atomic E-state index is 0.553. The van der Waals surface area contributed by atoms with E-state index in [1.165, 1.54) is 51.5 Å². The van der Waals surface area contributed by atoms with Gasteiger partial charge in [-0.3, -0.25) is 0 Å². The van der Waals surface area contributed by atoms with Crippen LogP contribution in [0.4, 0.5) is 0 Å². The van der Waals surface area contributed by atoms with Gasteiger partial charge in [-0.15, -0.1) is 0 Å². The van der Waals surface area contributed by atoms with Crippen LogP contribution in [-0.2, 0) is 4.74 Å². The van der Waals surface area contributed by atoms with Gasteiger partial charge >= 0.3 is 0 Å². The molecule has 2 saturated carbocycles. The average Bonchev–Trinajstić information content (AvgIpc) is 3.08. The van der Waals surface area contributed by atoms with Crippen molar-refractivity contribution in [2.45, 2.75) is 64.0 Å². The molecule has 1 saturated heterocycles. The van der Waals surface area contributed by atoms with Gasteiger partial charge in [0.2, 0.25) is 0 Å². The van der Waals surface area contributed by atoms with E-state index in [2.05, 4.69) is 12.2 Å². The lowest BCUT2D eigenvalue weighted by Crippen LogP contribution is -2.40. The van der Waals surface area contributed by atoms with E-state index < -0.39 is 0 Å². The van der Waals surface area contributed by atoms with E-state index in [9.17, 15) is 0 Å². The lowest BCUT2D eigenvalue weighted by Gasteiger charge is -2.28. The van der Waals surface area contributed by atoms with E-state index in [-0.39, 0.29) is 0 Å². The largest absolute Gasteiger partial charge is 0.376 e. The third kappa shape index (κ3) is 3.03. The highest BCUT2D eigenvalue weighted by Gasteiger charge is 2.40. The zero-order chi connectivity index (χ0) is 11.7. The van der Waals surface area contributed by atoms with E-state index in [4.69, 9.17) is 4.74 Å². The monoisotopic (exact) mass is 237 g/mol. The zero-order valence-corrected chi connectivity index (χ0v) is 11.2. The SMILES string of the molecule is CC1CCC(CNC2CCOC2C2CC2)CC1. The van der Waals surface area contributed by atoms with Crippen molar-refractivity contribution in [3.05, 3.63) is 0 Å². The van der Waals surface area contributed by atoms with Crippen molar-refractivity contribution >= 4 is 0 Å². The standard InChI is InChI=1S/C15H27NO/c1-11-2-4-12(5-3-11)10-16-14-8-9-17-15(14)13-6-7-13/h11-16H,2-10H2,1H3. The Morgan fingerprint density at radius 1 is 1.00 bits per heavy atom. The third-order valence-electron chi connectivity index (χ3n) is 5.03. The lowest BCUT2D eigenvalue weighted by atomic mass is 9.83. The maximum Gasteiger partial charge on any atom is 0.0756 e. The second-order valence-corrected chi connectivity index (χ2v) is 6.60. The molecule has 3 aliphatic rings. The molecular weight excluding hydrogens is 210 g/mol. The average molecular weight is 237 g/mol. The third-order valence-corrected chi connectivity index (χ3v) is 5.03. The van der Waals surface area contributed by atoms with Crippen molar-refractivity contribution in [1.82, 2.24) is 5.32 Å². The summed E-state index contributed by atoms with van der Waals surface area (Å²) >= 11 is 0. The summed E-state index contributed by atoms with van der Waals surface area (Å²) in [5.41, 5.74) is 0. The van der Waals surface area contributed by atoms with Crippen molar-refractivity contribution in [3.8, 4) is 0 Å². The molecule has 2 unspecified atom stereocenters. The van der Waals surface area contributed by atoms with Crippen LogP contribution < -0.4 is 5.32 Å². The fourth-order valence-corrected chi connectivity index (χ4v) is 3.57. The van der Waals surface area contributed by atoms with E-state index in [1.54, 1.807) is 0 Å². The minimum atomic E-state index is 0.553. The van der Waals surface area contributed by atoms with E-state index in [0.717, 1.165) is 24.4 Å². The van der Waals surface area contributed by atoms with Gasteiger partial charge in [-0.1, -0.05) is 19.8 Å². The molecular formula is C15H27NO. The van der Waals surface area contributed by atoms with Crippen LogP contribution in [0.2, 0.25) is 0 Å². The second-order valence-electron chi connectivity index (χ2n) is 6.60. The number of hydrogen-bond acceptors (Lipinski definition) is 2. The summed E-state index contributed by atoms with van der Waals surface area (Å²) in [6.45, 7) is 4.63. The Bertz CT molecular complexity index is 243. The van der Waals surface area contributed by atoms with Crippen molar-refractivity contribution in [2.75, 3.05) is 13.2 Å². The molecule has 0 bridgehead atoms. The molecule has 3 rings (SSSR count). The first-order chi connectivity index (χ1) is 8.33. The van der Waals surface area contributed by atoms with E-state index in [1.807, 2.05) is 0 Å². The Kier molecular flexibility index (Phi) is 3.72. The first-order valence-corrected chi connectivity index (χ1v) is 7.68. The molecule has 1 aliphatic heterocycles. The molecule has 2 heteroatoms. The molecule has 0 aromatic carbocycles. The van der Waals surface area contributed by atoms with Crippen molar-refractivity contribution in [1.29, 1.82) is 0 Å². The highest BCUT2D eigenvalue weighted by atomic mass is 16.5. The summed E-state index contributed by atoms with van der Waals surface area (Å²) < 4.78 is 5.88. The predicted octanol–water partition coefficient (Wildman–Crippen LogP) is 2.97. The van der Waals surface area contributed by atoms with Gasteiger partial charge in [0.25, 0.3) is 0 Å². The van der Waals surface area contributed by atoms with E-state index >= 15 is 0 Å². The summed E-state index contributed by atoms with van der Waals surface area (Å²) in [4.78, 5) is 0. The number of hydrogen-bond donors (Lipinski definition) is 1. The summed E-state index contributed by atoms with van der Waals surface area (Å²) in [6, 6.07) is 0.668. The number of rotatable bonds is 4. The lowest BCUT2D eigenvalue weighted by molar-refractivity contribution is 0.0797. The summed E-state index contributed by atoms with van der Waals surface area (Å²) in [5, 5.41) is 3.81.